The topological polar surface area (TPSA) is 66.7 Å². The minimum atomic E-state index is -3.84. The third-order valence-corrected chi connectivity index (χ3v) is 2.74. The molecule has 0 heterocycles. The van der Waals surface area contributed by atoms with E-state index in [-0.39, 0.29) is 5.75 Å². The molecule has 0 aliphatic heterocycles. The van der Waals surface area contributed by atoms with Crippen LogP contribution in [0.15, 0.2) is 28.8 Å². The van der Waals surface area contributed by atoms with Crippen LogP contribution in [0.5, 0.6) is 0 Å². The van der Waals surface area contributed by atoms with Crippen LogP contribution in [0.25, 0.3) is 0 Å². The molecule has 0 rings (SSSR count). The van der Waals surface area contributed by atoms with Crippen molar-refractivity contribution >= 4 is 16.3 Å². The highest BCUT2D eigenvalue weighted by Gasteiger charge is 2.01. The minimum absolute atomic E-state index is 0.233. The van der Waals surface area contributed by atoms with Crippen molar-refractivity contribution in [2.24, 2.45) is 4.99 Å². The molecule has 0 aliphatic rings. The van der Waals surface area contributed by atoms with Crippen molar-refractivity contribution in [1.29, 1.82) is 0 Å². The van der Waals surface area contributed by atoms with Crippen molar-refractivity contribution in [3.05, 3.63) is 23.8 Å². The number of nitrogens with zero attached hydrogens (tertiary/aromatic N) is 1. The zero-order chi connectivity index (χ0) is 12.4. The molecule has 0 amide bonds. The fraction of sp³-hybridized carbons (Fsp3) is 0.545. The average molecular weight is 245 g/mol. The quantitative estimate of drug-likeness (QED) is 0.324. The standard InChI is InChI=1S/C11H19NO3S/c1-3-11(2)7-4-5-8-12-9-6-10-16(13,14)15/h4-5,7-8H,3,6,9-10H2,1-2H3,(H,13,14,15)/b5-4-,11-7+,12-8+. The number of rotatable bonds is 7. The lowest BCUT2D eigenvalue weighted by molar-refractivity contribution is 0.481. The summed E-state index contributed by atoms with van der Waals surface area (Å²) in [6.07, 6.45) is 8.69. The summed E-state index contributed by atoms with van der Waals surface area (Å²) in [5, 5.41) is 0. The second kappa shape index (κ2) is 8.24. The smallest absolute Gasteiger partial charge is 0.264 e. The van der Waals surface area contributed by atoms with Crippen molar-refractivity contribution in [1.82, 2.24) is 0 Å². The lowest BCUT2D eigenvalue weighted by Gasteiger charge is -1.92. The Kier molecular flexibility index (Phi) is 7.76. The molecule has 0 aromatic carbocycles. The summed E-state index contributed by atoms with van der Waals surface area (Å²) < 4.78 is 29.2. The summed E-state index contributed by atoms with van der Waals surface area (Å²) in [4.78, 5) is 3.98. The largest absolute Gasteiger partial charge is 0.293 e. The summed E-state index contributed by atoms with van der Waals surface area (Å²) in [6, 6.07) is 0. The molecule has 0 unspecified atom stereocenters. The zero-order valence-corrected chi connectivity index (χ0v) is 10.6. The van der Waals surface area contributed by atoms with Gasteiger partial charge < -0.3 is 0 Å². The van der Waals surface area contributed by atoms with E-state index in [2.05, 4.69) is 11.9 Å². The zero-order valence-electron chi connectivity index (χ0n) is 9.76. The maximum absolute atomic E-state index is 10.4. The highest BCUT2D eigenvalue weighted by Crippen LogP contribution is 1.96. The van der Waals surface area contributed by atoms with Crippen LogP contribution in [0.1, 0.15) is 26.7 Å². The van der Waals surface area contributed by atoms with E-state index >= 15 is 0 Å². The highest BCUT2D eigenvalue weighted by molar-refractivity contribution is 7.85. The van der Waals surface area contributed by atoms with Crippen LogP contribution in [0.2, 0.25) is 0 Å². The van der Waals surface area contributed by atoms with E-state index in [0.717, 1.165) is 6.42 Å². The van der Waals surface area contributed by atoms with Gasteiger partial charge in [0.2, 0.25) is 0 Å². The van der Waals surface area contributed by atoms with Gasteiger partial charge in [-0.1, -0.05) is 24.6 Å². The molecular formula is C11H19NO3S. The molecule has 0 aromatic heterocycles. The van der Waals surface area contributed by atoms with Gasteiger partial charge in [0, 0.05) is 12.8 Å². The summed E-state index contributed by atoms with van der Waals surface area (Å²) >= 11 is 0. The SMILES string of the molecule is CC/C(C)=C/C=C\C=N\CCCS(=O)(=O)O. The third-order valence-electron chi connectivity index (χ3n) is 1.93. The molecule has 0 radical (unpaired) electrons. The van der Waals surface area contributed by atoms with Crippen LogP contribution < -0.4 is 0 Å². The molecule has 1 N–H and O–H groups in total. The van der Waals surface area contributed by atoms with E-state index in [1.54, 1.807) is 12.3 Å². The molecular weight excluding hydrogens is 226 g/mol. The third kappa shape index (κ3) is 11.1. The van der Waals surface area contributed by atoms with Crippen LogP contribution in [-0.4, -0.2) is 31.5 Å². The summed E-state index contributed by atoms with van der Waals surface area (Å²) in [6.45, 7) is 4.54. The first kappa shape index (κ1) is 15.1. The second-order valence-electron chi connectivity index (χ2n) is 3.45. The minimum Gasteiger partial charge on any atom is -0.293 e. The normalized spacial score (nSPS) is 14.1. The Morgan fingerprint density at radius 2 is 2.06 bits per heavy atom. The van der Waals surface area contributed by atoms with Gasteiger partial charge in [0.1, 0.15) is 0 Å². The Morgan fingerprint density at radius 1 is 1.38 bits per heavy atom. The Hall–Kier alpha value is -0.940. The van der Waals surface area contributed by atoms with Crippen molar-refractivity contribution in [3.8, 4) is 0 Å². The molecule has 0 saturated heterocycles. The van der Waals surface area contributed by atoms with Crippen LogP contribution in [0.3, 0.4) is 0 Å². The van der Waals surface area contributed by atoms with Crippen molar-refractivity contribution in [2.45, 2.75) is 26.7 Å². The van der Waals surface area contributed by atoms with Gasteiger partial charge in [-0.15, -0.1) is 0 Å². The molecule has 16 heavy (non-hydrogen) atoms. The van der Waals surface area contributed by atoms with Crippen LogP contribution >= 0.6 is 0 Å². The van der Waals surface area contributed by atoms with Gasteiger partial charge in [-0.25, -0.2) is 0 Å². The Balaban J connectivity index is 3.71. The molecule has 0 spiro atoms. The lowest BCUT2D eigenvalue weighted by Crippen LogP contribution is -2.04. The van der Waals surface area contributed by atoms with E-state index < -0.39 is 10.1 Å². The highest BCUT2D eigenvalue weighted by atomic mass is 32.2. The molecule has 5 heteroatoms. The Labute approximate surface area is 97.5 Å². The first-order valence-electron chi connectivity index (χ1n) is 5.23. The maximum Gasteiger partial charge on any atom is 0.264 e. The molecule has 0 bridgehead atoms. The molecule has 0 saturated carbocycles. The van der Waals surface area contributed by atoms with E-state index in [9.17, 15) is 8.42 Å². The van der Waals surface area contributed by atoms with E-state index in [4.69, 9.17) is 4.55 Å². The van der Waals surface area contributed by atoms with Crippen molar-refractivity contribution < 1.29 is 13.0 Å². The average Bonchev–Trinajstić information content (AvgIpc) is 2.20. The molecule has 92 valence electrons. The van der Waals surface area contributed by atoms with Gasteiger partial charge in [-0.05, 0) is 25.8 Å². The number of allylic oxidation sites excluding steroid dienone is 4. The maximum atomic E-state index is 10.4. The molecule has 4 nitrogen and oxygen atoms in total. The number of aliphatic imine (C=N–C) groups is 1. The molecule has 0 aromatic rings. The van der Waals surface area contributed by atoms with Gasteiger partial charge >= 0.3 is 0 Å². The fourth-order valence-corrected chi connectivity index (χ4v) is 1.35. The molecule has 0 aliphatic carbocycles. The predicted molar refractivity (Wildman–Crippen MR) is 67.6 cm³/mol. The second-order valence-corrected chi connectivity index (χ2v) is 5.02. The van der Waals surface area contributed by atoms with Crippen LogP contribution in [0, 0.1) is 0 Å². The molecule has 0 atom stereocenters. The Bertz CT molecular complexity index is 367. The van der Waals surface area contributed by atoms with Crippen molar-refractivity contribution in [2.75, 3.05) is 12.3 Å². The number of hydrogen-bond donors (Lipinski definition) is 1. The fourth-order valence-electron chi connectivity index (χ4n) is 0.861. The lowest BCUT2D eigenvalue weighted by atomic mass is 10.2. The van der Waals surface area contributed by atoms with Crippen LogP contribution in [0.4, 0.5) is 0 Å². The van der Waals surface area contributed by atoms with Gasteiger partial charge in [-0.3, -0.25) is 9.55 Å². The predicted octanol–water partition coefficient (Wildman–Crippen LogP) is 2.25. The van der Waals surface area contributed by atoms with Crippen LogP contribution in [-0.2, 0) is 10.1 Å². The van der Waals surface area contributed by atoms with Gasteiger partial charge in [0.25, 0.3) is 10.1 Å². The first-order chi connectivity index (χ1) is 7.45. The van der Waals surface area contributed by atoms with E-state index in [0.29, 0.717) is 13.0 Å². The summed E-state index contributed by atoms with van der Waals surface area (Å²) in [5.41, 5.74) is 1.29. The molecule has 0 fully saturated rings. The summed E-state index contributed by atoms with van der Waals surface area (Å²) in [5.74, 6) is -0.233. The summed E-state index contributed by atoms with van der Waals surface area (Å²) in [7, 11) is -3.84. The van der Waals surface area contributed by atoms with E-state index in [1.165, 1.54) is 5.57 Å². The number of hydrogen-bond acceptors (Lipinski definition) is 3. The van der Waals surface area contributed by atoms with Gasteiger partial charge in [0.15, 0.2) is 0 Å². The van der Waals surface area contributed by atoms with Gasteiger partial charge in [-0.2, -0.15) is 8.42 Å². The Morgan fingerprint density at radius 3 is 2.62 bits per heavy atom. The van der Waals surface area contributed by atoms with E-state index in [1.807, 2.05) is 19.1 Å². The van der Waals surface area contributed by atoms with Gasteiger partial charge in [0.05, 0.1) is 5.75 Å². The monoisotopic (exact) mass is 245 g/mol. The van der Waals surface area contributed by atoms with Crippen molar-refractivity contribution in [3.63, 3.8) is 0 Å². The first-order valence-corrected chi connectivity index (χ1v) is 6.84.